The predicted molar refractivity (Wildman–Crippen MR) is 83.8 cm³/mol. The van der Waals surface area contributed by atoms with Crippen molar-refractivity contribution in [2.45, 2.75) is 39.1 Å². The summed E-state index contributed by atoms with van der Waals surface area (Å²) >= 11 is 9.53. The Kier molecular flexibility index (Phi) is 5.06. The predicted octanol–water partition coefficient (Wildman–Crippen LogP) is 4.56. The van der Waals surface area contributed by atoms with Crippen LogP contribution in [0.3, 0.4) is 0 Å². The van der Waals surface area contributed by atoms with Crippen molar-refractivity contribution >= 4 is 27.5 Å². The Morgan fingerprint density at radius 2 is 1.84 bits per heavy atom. The van der Waals surface area contributed by atoms with E-state index < -0.39 is 0 Å². The summed E-state index contributed by atoms with van der Waals surface area (Å²) in [6.07, 6.45) is 1.90. The molecule has 0 fully saturated rings. The Bertz CT molecular complexity index is 546. The molecule has 2 nitrogen and oxygen atoms in total. The van der Waals surface area contributed by atoms with E-state index >= 15 is 0 Å². The van der Waals surface area contributed by atoms with Crippen molar-refractivity contribution in [3.63, 3.8) is 0 Å². The summed E-state index contributed by atoms with van der Waals surface area (Å²) in [5.41, 5.74) is 4.85. The van der Waals surface area contributed by atoms with E-state index in [0.29, 0.717) is 5.88 Å². The first-order chi connectivity index (χ1) is 9.19. The molecule has 0 radical (unpaired) electrons. The molecule has 0 saturated heterocycles. The molecule has 1 aromatic carbocycles. The second kappa shape index (κ2) is 6.58. The van der Waals surface area contributed by atoms with E-state index in [-0.39, 0.29) is 0 Å². The second-order valence-corrected chi connectivity index (χ2v) is 5.68. The highest BCUT2D eigenvalue weighted by atomic mass is 79.9. The largest absolute Gasteiger partial charge is 0.265 e. The van der Waals surface area contributed by atoms with Gasteiger partial charge in [-0.15, -0.1) is 11.6 Å². The molecule has 1 aromatic heterocycles. The molecule has 0 aliphatic heterocycles. The number of aryl methyl sites for hydroxylation is 1. The molecule has 4 heteroatoms. The molecule has 0 aliphatic carbocycles. The van der Waals surface area contributed by atoms with Crippen LogP contribution in [-0.4, -0.2) is 9.78 Å². The fraction of sp³-hybridized carbons (Fsp3) is 0.400. The minimum atomic E-state index is 0.548. The van der Waals surface area contributed by atoms with Gasteiger partial charge in [-0.1, -0.05) is 41.9 Å². The van der Waals surface area contributed by atoms with Gasteiger partial charge < -0.3 is 0 Å². The standard InChI is InChI=1S/C15H18BrClN2/c1-3-14-13(9-17)15(4-2)19(18-14)10-11-5-7-12(16)8-6-11/h5-8H,3-4,9-10H2,1-2H3. The average molecular weight is 342 g/mol. The van der Waals surface area contributed by atoms with E-state index in [1.807, 2.05) is 0 Å². The quantitative estimate of drug-likeness (QED) is 0.729. The van der Waals surface area contributed by atoms with Gasteiger partial charge in [-0.3, -0.25) is 4.68 Å². The maximum Gasteiger partial charge on any atom is 0.0669 e. The molecule has 0 atom stereocenters. The molecule has 1 heterocycles. The number of alkyl halides is 1. The number of rotatable bonds is 5. The van der Waals surface area contributed by atoms with Crippen LogP contribution >= 0.6 is 27.5 Å². The summed E-state index contributed by atoms with van der Waals surface area (Å²) in [4.78, 5) is 0. The van der Waals surface area contributed by atoms with Crippen molar-refractivity contribution in [1.29, 1.82) is 0 Å². The highest BCUT2D eigenvalue weighted by molar-refractivity contribution is 9.10. The first-order valence-corrected chi connectivity index (χ1v) is 7.90. The minimum Gasteiger partial charge on any atom is -0.265 e. The third kappa shape index (κ3) is 3.21. The summed E-state index contributed by atoms with van der Waals surface area (Å²) in [5.74, 6) is 0.548. The summed E-state index contributed by atoms with van der Waals surface area (Å²) in [5, 5.41) is 4.71. The van der Waals surface area contributed by atoms with Gasteiger partial charge in [-0.05, 0) is 30.5 Å². The zero-order valence-corrected chi connectivity index (χ0v) is 13.6. The van der Waals surface area contributed by atoms with Crippen molar-refractivity contribution in [1.82, 2.24) is 9.78 Å². The van der Waals surface area contributed by atoms with Gasteiger partial charge in [0.25, 0.3) is 0 Å². The zero-order chi connectivity index (χ0) is 13.8. The van der Waals surface area contributed by atoms with Crippen LogP contribution in [0.25, 0.3) is 0 Å². The number of benzene rings is 1. The molecule has 19 heavy (non-hydrogen) atoms. The number of hydrogen-bond acceptors (Lipinski definition) is 1. The van der Waals surface area contributed by atoms with Crippen LogP contribution in [-0.2, 0) is 25.3 Å². The van der Waals surface area contributed by atoms with Gasteiger partial charge in [0.05, 0.1) is 18.1 Å². The van der Waals surface area contributed by atoms with Gasteiger partial charge in [-0.2, -0.15) is 5.10 Å². The summed E-state index contributed by atoms with van der Waals surface area (Å²) < 4.78 is 3.20. The van der Waals surface area contributed by atoms with Gasteiger partial charge in [0.2, 0.25) is 0 Å². The molecule has 2 aromatic rings. The Balaban J connectivity index is 2.34. The first-order valence-electron chi connectivity index (χ1n) is 6.57. The molecule has 0 amide bonds. The minimum absolute atomic E-state index is 0.548. The Morgan fingerprint density at radius 1 is 1.16 bits per heavy atom. The lowest BCUT2D eigenvalue weighted by Gasteiger charge is -2.07. The van der Waals surface area contributed by atoms with Crippen molar-refractivity contribution in [3.8, 4) is 0 Å². The maximum atomic E-state index is 6.07. The van der Waals surface area contributed by atoms with E-state index in [1.54, 1.807) is 0 Å². The van der Waals surface area contributed by atoms with Gasteiger partial charge >= 0.3 is 0 Å². The monoisotopic (exact) mass is 340 g/mol. The zero-order valence-electron chi connectivity index (χ0n) is 11.3. The fourth-order valence-corrected chi connectivity index (χ4v) is 2.89. The van der Waals surface area contributed by atoms with Crippen LogP contribution in [0.4, 0.5) is 0 Å². The molecule has 0 spiro atoms. The molecule has 2 rings (SSSR count). The van der Waals surface area contributed by atoms with Gasteiger partial charge in [0.15, 0.2) is 0 Å². The fourth-order valence-electron chi connectivity index (χ4n) is 2.32. The Hall–Kier alpha value is -0.800. The van der Waals surface area contributed by atoms with Crippen molar-refractivity contribution in [2.24, 2.45) is 0 Å². The lowest BCUT2D eigenvalue weighted by atomic mass is 10.1. The number of halogens is 2. The number of nitrogens with zero attached hydrogens (tertiary/aromatic N) is 2. The van der Waals surface area contributed by atoms with E-state index in [1.165, 1.54) is 16.8 Å². The summed E-state index contributed by atoms with van der Waals surface area (Å²) in [7, 11) is 0. The molecule has 0 unspecified atom stereocenters. The van der Waals surface area contributed by atoms with E-state index in [0.717, 1.165) is 29.6 Å². The van der Waals surface area contributed by atoms with E-state index in [4.69, 9.17) is 16.7 Å². The topological polar surface area (TPSA) is 17.8 Å². The first kappa shape index (κ1) is 14.6. The number of hydrogen-bond donors (Lipinski definition) is 0. The van der Waals surface area contributed by atoms with Crippen LogP contribution in [0.2, 0.25) is 0 Å². The second-order valence-electron chi connectivity index (χ2n) is 4.50. The van der Waals surface area contributed by atoms with Crippen LogP contribution in [0, 0.1) is 0 Å². The highest BCUT2D eigenvalue weighted by Crippen LogP contribution is 2.20. The summed E-state index contributed by atoms with van der Waals surface area (Å²) in [6.45, 7) is 5.09. The molecule has 0 saturated carbocycles. The molecule has 0 aliphatic rings. The smallest absolute Gasteiger partial charge is 0.0669 e. The highest BCUT2D eigenvalue weighted by Gasteiger charge is 2.14. The normalized spacial score (nSPS) is 10.9. The summed E-state index contributed by atoms with van der Waals surface area (Å²) in [6, 6.07) is 8.37. The van der Waals surface area contributed by atoms with Crippen molar-refractivity contribution in [2.75, 3.05) is 0 Å². The molecule has 102 valence electrons. The third-order valence-corrected chi connectivity index (χ3v) is 4.09. The Labute approximate surface area is 127 Å². The lowest BCUT2D eigenvalue weighted by Crippen LogP contribution is -2.06. The van der Waals surface area contributed by atoms with Crippen LogP contribution < -0.4 is 0 Å². The van der Waals surface area contributed by atoms with Crippen LogP contribution in [0.1, 0.15) is 36.4 Å². The van der Waals surface area contributed by atoms with E-state index in [9.17, 15) is 0 Å². The van der Waals surface area contributed by atoms with Gasteiger partial charge in [0.1, 0.15) is 0 Å². The van der Waals surface area contributed by atoms with E-state index in [2.05, 4.69) is 58.7 Å². The maximum absolute atomic E-state index is 6.07. The Morgan fingerprint density at radius 3 is 2.37 bits per heavy atom. The average Bonchev–Trinajstić information content (AvgIpc) is 2.78. The number of aromatic nitrogens is 2. The van der Waals surface area contributed by atoms with Crippen LogP contribution in [0.15, 0.2) is 28.7 Å². The molecule has 0 N–H and O–H groups in total. The molecular weight excluding hydrogens is 324 g/mol. The molecular formula is C15H18BrClN2. The van der Waals surface area contributed by atoms with Crippen molar-refractivity contribution < 1.29 is 0 Å². The van der Waals surface area contributed by atoms with Crippen LogP contribution in [0.5, 0.6) is 0 Å². The molecule has 0 bridgehead atoms. The van der Waals surface area contributed by atoms with Gasteiger partial charge in [0, 0.05) is 15.7 Å². The SMILES string of the molecule is CCc1nn(Cc2ccc(Br)cc2)c(CC)c1CCl. The lowest BCUT2D eigenvalue weighted by molar-refractivity contribution is 0.640. The van der Waals surface area contributed by atoms with Gasteiger partial charge in [-0.25, -0.2) is 0 Å². The third-order valence-electron chi connectivity index (χ3n) is 3.30. The van der Waals surface area contributed by atoms with Crippen molar-refractivity contribution in [3.05, 3.63) is 51.3 Å².